The molecule has 66 heavy (non-hydrogen) atoms. The molecule has 1 nitrogen and oxygen atoms in total. The molecule has 0 amide bonds. The molecule has 0 fully saturated rings. The number of furan rings is 1. The van der Waals surface area contributed by atoms with Crippen LogP contribution in [0.4, 0.5) is 0 Å². The number of fused-ring (bicyclic) bond motifs is 5. The molecule has 6 aromatic carbocycles. The molecule has 0 spiro atoms. The topological polar surface area (TPSA) is 13.1 Å². The Hall–Kier alpha value is -5.60. The smallest absolute Gasteiger partial charge is 0.290 e. The van der Waals surface area contributed by atoms with Crippen LogP contribution in [0.3, 0.4) is 0 Å². The summed E-state index contributed by atoms with van der Waals surface area (Å²) in [5, 5.41) is 1.16. The second kappa shape index (κ2) is 16.0. The lowest BCUT2D eigenvalue weighted by Crippen LogP contribution is -2.55. The summed E-state index contributed by atoms with van der Waals surface area (Å²) in [6.07, 6.45) is 11.8. The lowest BCUT2D eigenvalue weighted by atomic mass is 9.36. The van der Waals surface area contributed by atoms with E-state index in [9.17, 15) is 0 Å². The van der Waals surface area contributed by atoms with Crippen LogP contribution in [-0.4, -0.2) is 6.71 Å². The second-order valence-electron chi connectivity index (χ2n) is 23.9. The maximum Gasteiger partial charge on any atom is 0.290 e. The van der Waals surface area contributed by atoms with Crippen molar-refractivity contribution in [2.24, 2.45) is 0 Å². The van der Waals surface area contributed by atoms with E-state index in [2.05, 4.69) is 237 Å². The predicted octanol–water partition coefficient (Wildman–Crippen LogP) is 15.5. The van der Waals surface area contributed by atoms with Crippen LogP contribution >= 0.6 is 0 Å². The van der Waals surface area contributed by atoms with Crippen molar-refractivity contribution in [3.05, 3.63) is 182 Å². The molecule has 0 saturated carbocycles. The summed E-state index contributed by atoms with van der Waals surface area (Å²) in [7, 11) is 0. The van der Waals surface area contributed by atoms with Gasteiger partial charge in [-0.2, -0.15) is 0 Å². The SMILES string of the molecule is Cc1cc(C)c2c(c1)C=Cc1c(ccc3c1C(C)(c1cc(C(C)(C)C)ccc1C)CCC3(C)C)B2c1oc2ccc(C(C)(C)C)cc2c1/C=C\c1ccc(C(C)(C)C)cc1-c1ccccc1. The largest absolute Gasteiger partial charge is 0.470 e. The van der Waals surface area contributed by atoms with Crippen LogP contribution in [0.1, 0.15) is 168 Å². The van der Waals surface area contributed by atoms with E-state index in [0.29, 0.717) is 0 Å². The van der Waals surface area contributed by atoms with Crippen molar-refractivity contribution in [3.8, 4) is 11.1 Å². The highest BCUT2D eigenvalue weighted by Gasteiger charge is 2.46. The van der Waals surface area contributed by atoms with E-state index >= 15 is 0 Å². The quantitative estimate of drug-likeness (QED) is 0.157. The average Bonchev–Trinajstić information content (AvgIpc) is 3.51. The van der Waals surface area contributed by atoms with Crippen LogP contribution < -0.4 is 16.6 Å². The minimum atomic E-state index is -0.205. The lowest BCUT2D eigenvalue weighted by Gasteiger charge is -2.46. The van der Waals surface area contributed by atoms with Crippen LogP contribution in [-0.2, 0) is 27.1 Å². The van der Waals surface area contributed by atoms with Crippen LogP contribution in [0, 0.1) is 20.8 Å². The fourth-order valence-corrected chi connectivity index (χ4v) is 11.3. The summed E-state index contributed by atoms with van der Waals surface area (Å²) in [5.41, 5.74) is 24.1. The fraction of sp³-hybridized carbons (Fsp3) is 0.344. The zero-order chi connectivity index (χ0) is 47.3. The van der Waals surface area contributed by atoms with Gasteiger partial charge in [-0.1, -0.05) is 227 Å². The molecule has 2 aliphatic rings. The molecular formula is C64H71BO. The van der Waals surface area contributed by atoms with Crippen molar-refractivity contribution in [1.82, 2.24) is 0 Å². The third-order valence-electron chi connectivity index (χ3n) is 15.4. The van der Waals surface area contributed by atoms with Crippen molar-refractivity contribution in [3.63, 3.8) is 0 Å². The van der Waals surface area contributed by atoms with Crippen LogP contribution in [0.5, 0.6) is 0 Å². The summed E-state index contributed by atoms with van der Waals surface area (Å²) >= 11 is 0. The van der Waals surface area contributed by atoms with Crippen molar-refractivity contribution < 1.29 is 4.42 Å². The van der Waals surface area contributed by atoms with Crippen molar-refractivity contribution in [2.45, 2.75) is 144 Å². The summed E-state index contributed by atoms with van der Waals surface area (Å²) < 4.78 is 7.44. The molecule has 336 valence electrons. The standard InChI is InChI=1S/C64H71BO/c1-40-35-42(3)58-45(36-40)24-29-50-55(31-30-53-57(50)64(15,34-33-63(53,13)14)54-39-48(62(10,11)12)25-21-41(54)2)65(58)59-49(52-38-47(61(7,8)9)27-32-56(52)66-59)28-23-44-22-26-46(60(4,5)6)37-51(44)43-19-17-16-18-20-43/h16-32,35-39H,33-34H2,1-15H3/b28-23-. The Morgan fingerprint density at radius 1 is 0.591 bits per heavy atom. The number of benzene rings is 6. The Balaban J connectivity index is 1.36. The van der Waals surface area contributed by atoms with E-state index in [1.54, 1.807) is 0 Å². The third kappa shape index (κ3) is 7.97. The van der Waals surface area contributed by atoms with E-state index in [0.717, 1.165) is 35.0 Å². The monoisotopic (exact) mass is 867 g/mol. The van der Waals surface area contributed by atoms with Gasteiger partial charge in [-0.3, -0.25) is 0 Å². The third-order valence-corrected chi connectivity index (χ3v) is 15.4. The van der Waals surface area contributed by atoms with Gasteiger partial charge in [0.25, 0.3) is 6.71 Å². The molecule has 7 aromatic rings. The van der Waals surface area contributed by atoms with Gasteiger partial charge in [-0.15, -0.1) is 0 Å². The van der Waals surface area contributed by atoms with Crippen LogP contribution in [0.25, 0.3) is 46.4 Å². The van der Waals surface area contributed by atoms with Gasteiger partial charge in [0.05, 0.1) is 5.66 Å². The van der Waals surface area contributed by atoms with Crippen molar-refractivity contribution >= 4 is 58.6 Å². The second-order valence-corrected chi connectivity index (χ2v) is 23.9. The van der Waals surface area contributed by atoms with Gasteiger partial charge in [0, 0.05) is 16.4 Å². The molecule has 2 heterocycles. The Morgan fingerprint density at radius 2 is 1.24 bits per heavy atom. The van der Waals surface area contributed by atoms with Gasteiger partial charge < -0.3 is 4.42 Å². The van der Waals surface area contributed by atoms with Gasteiger partial charge in [-0.05, 0) is 134 Å². The molecule has 1 atom stereocenters. The predicted molar refractivity (Wildman–Crippen MR) is 289 cm³/mol. The Kier molecular flexibility index (Phi) is 11.1. The minimum absolute atomic E-state index is 0.0179. The van der Waals surface area contributed by atoms with Gasteiger partial charge in [0.1, 0.15) is 5.58 Å². The van der Waals surface area contributed by atoms with Gasteiger partial charge in [0.2, 0.25) is 0 Å². The van der Waals surface area contributed by atoms with Crippen LogP contribution in [0.15, 0.2) is 114 Å². The van der Waals surface area contributed by atoms with E-state index in [4.69, 9.17) is 4.42 Å². The molecule has 1 aliphatic heterocycles. The Labute approximate surface area is 397 Å². The first-order valence-corrected chi connectivity index (χ1v) is 24.5. The van der Waals surface area contributed by atoms with E-state index in [1.165, 1.54) is 88.8 Å². The fourth-order valence-electron chi connectivity index (χ4n) is 11.3. The van der Waals surface area contributed by atoms with Crippen LogP contribution in [0.2, 0.25) is 0 Å². The minimum Gasteiger partial charge on any atom is -0.470 e. The summed E-state index contributed by atoms with van der Waals surface area (Å²) in [6, 6.07) is 41.8. The summed E-state index contributed by atoms with van der Waals surface area (Å²) in [5.74, 6) is 0. The summed E-state index contributed by atoms with van der Waals surface area (Å²) in [4.78, 5) is 0. The molecular weight excluding hydrogens is 796 g/mol. The van der Waals surface area contributed by atoms with E-state index in [1.807, 2.05) is 0 Å². The number of hydrogen-bond donors (Lipinski definition) is 0. The normalized spacial score (nSPS) is 17.2. The maximum atomic E-state index is 7.44. The molecule has 1 aromatic heterocycles. The van der Waals surface area contributed by atoms with Gasteiger partial charge >= 0.3 is 0 Å². The molecule has 0 bridgehead atoms. The van der Waals surface area contributed by atoms with Gasteiger partial charge in [-0.25, -0.2) is 0 Å². The zero-order valence-electron chi connectivity index (χ0n) is 42.6. The zero-order valence-corrected chi connectivity index (χ0v) is 42.6. The van der Waals surface area contributed by atoms with Crippen molar-refractivity contribution in [1.29, 1.82) is 0 Å². The molecule has 1 unspecified atom stereocenters. The highest BCUT2D eigenvalue weighted by molar-refractivity contribution is 6.96. The first-order chi connectivity index (χ1) is 31.0. The molecule has 9 rings (SSSR count). The van der Waals surface area contributed by atoms with E-state index < -0.39 is 0 Å². The Morgan fingerprint density at radius 3 is 1.94 bits per heavy atom. The first-order valence-electron chi connectivity index (χ1n) is 24.5. The molecule has 0 radical (unpaired) electrons. The number of hydrogen-bond acceptors (Lipinski definition) is 1. The molecule has 1 aliphatic carbocycles. The summed E-state index contributed by atoms with van der Waals surface area (Å²) in [6.45, 7) is 35.0. The first kappa shape index (κ1) is 45.6. The molecule has 0 N–H and O–H groups in total. The van der Waals surface area contributed by atoms with E-state index in [-0.39, 0.29) is 33.8 Å². The molecule has 0 saturated heterocycles. The highest BCUT2D eigenvalue weighted by atomic mass is 16.3. The number of rotatable bonds is 5. The number of aryl methyl sites for hydroxylation is 3. The van der Waals surface area contributed by atoms with Crippen molar-refractivity contribution in [2.75, 3.05) is 0 Å². The molecule has 2 heteroatoms. The lowest BCUT2D eigenvalue weighted by molar-refractivity contribution is 0.348. The van der Waals surface area contributed by atoms with Gasteiger partial charge in [0.15, 0.2) is 0 Å². The average molecular weight is 867 g/mol. The maximum absolute atomic E-state index is 7.44. The Bertz CT molecular complexity index is 3090. The highest BCUT2D eigenvalue weighted by Crippen LogP contribution is 2.52.